The summed E-state index contributed by atoms with van der Waals surface area (Å²) in [6.07, 6.45) is 4.88. The third kappa shape index (κ3) is 4.37. The average Bonchev–Trinajstić information content (AvgIpc) is 3.15. The molecule has 5 rings (SSSR count). The molecule has 2 aromatic carbocycles. The SMILES string of the molecule is COc1ccc([N+](=O)[O-])cc1N[P@]1(=O)C2=C(N3CCCCC3)CC(C)(C)CC2=NN1c1ccccc1. The Hall–Kier alpha value is -3.32. The molecular weight excluding hydrogens is 477 g/mol. The van der Waals surface area contributed by atoms with Gasteiger partial charge in [-0.05, 0) is 55.7 Å². The highest BCUT2D eigenvalue weighted by atomic mass is 31.2. The molecule has 0 unspecified atom stereocenters. The van der Waals surface area contributed by atoms with Gasteiger partial charge in [0.15, 0.2) is 0 Å². The number of piperidine rings is 1. The smallest absolute Gasteiger partial charge is 0.313 e. The average molecular weight is 510 g/mol. The van der Waals surface area contributed by atoms with Crippen LogP contribution in [0.3, 0.4) is 0 Å². The number of para-hydroxylation sites is 1. The Morgan fingerprint density at radius 1 is 1.08 bits per heavy atom. The van der Waals surface area contributed by atoms with Crippen molar-refractivity contribution in [3.05, 3.63) is 69.7 Å². The summed E-state index contributed by atoms with van der Waals surface area (Å²) < 4.78 is 22.4. The number of ether oxygens (including phenoxy) is 1. The summed E-state index contributed by atoms with van der Waals surface area (Å²) in [5.74, 6) is 0.383. The van der Waals surface area contributed by atoms with Crippen molar-refractivity contribution in [3.8, 4) is 5.75 Å². The van der Waals surface area contributed by atoms with Crippen LogP contribution >= 0.6 is 7.44 Å². The van der Waals surface area contributed by atoms with Gasteiger partial charge in [-0.2, -0.15) is 9.88 Å². The number of hydrogen-bond acceptors (Lipinski definition) is 6. The van der Waals surface area contributed by atoms with E-state index in [1.165, 1.54) is 31.7 Å². The van der Waals surface area contributed by atoms with E-state index in [0.717, 1.165) is 49.1 Å². The highest BCUT2D eigenvalue weighted by Crippen LogP contribution is 2.67. The third-order valence-corrected chi connectivity index (χ3v) is 9.54. The van der Waals surface area contributed by atoms with Crippen molar-refractivity contribution in [2.24, 2.45) is 10.5 Å². The molecule has 0 spiro atoms. The summed E-state index contributed by atoms with van der Waals surface area (Å²) >= 11 is 0. The van der Waals surface area contributed by atoms with Crippen LogP contribution in [0.1, 0.15) is 46.0 Å². The number of methoxy groups -OCH3 is 1. The molecular formula is C26H32N5O4P. The van der Waals surface area contributed by atoms with Crippen LogP contribution in [0.4, 0.5) is 17.1 Å². The van der Waals surface area contributed by atoms with Gasteiger partial charge >= 0.3 is 7.44 Å². The second-order valence-electron chi connectivity index (χ2n) is 10.4. The number of nitrogens with zero attached hydrogens (tertiary/aromatic N) is 4. The molecule has 1 saturated heterocycles. The molecule has 2 aromatic rings. The number of allylic oxidation sites excluding steroid dienone is 2. The van der Waals surface area contributed by atoms with Crippen LogP contribution in [0, 0.1) is 15.5 Å². The Morgan fingerprint density at radius 2 is 1.81 bits per heavy atom. The zero-order valence-electron chi connectivity index (χ0n) is 20.9. The fourth-order valence-electron chi connectivity index (χ4n) is 5.38. The molecule has 0 bridgehead atoms. The molecule has 0 saturated carbocycles. The minimum atomic E-state index is -3.61. The maximum Gasteiger partial charge on any atom is 0.313 e. The number of likely N-dealkylation sites (tertiary alicyclic amines) is 1. The summed E-state index contributed by atoms with van der Waals surface area (Å²) in [7, 11) is -2.11. The summed E-state index contributed by atoms with van der Waals surface area (Å²) in [6.45, 7) is 6.30. The second-order valence-corrected chi connectivity index (χ2v) is 12.6. The number of nitro benzene ring substituents is 1. The number of fused-ring (bicyclic) bond motifs is 1. The van der Waals surface area contributed by atoms with Gasteiger partial charge in [0.05, 0.1) is 34.4 Å². The Kier molecular flexibility index (Phi) is 6.29. The molecule has 1 aliphatic carbocycles. The standard InChI is InChI=1S/C26H32N5O4P/c1-26(2)17-22-25(23(18-26)29-14-8-5-9-15-29)36(34,30(27-22)19-10-6-4-7-11-19)28-21-16-20(31(32)33)12-13-24(21)35-3/h4,6-7,10-13,16H,5,8-9,14-15,17-18H2,1-3H3,(H,28,34)/t36-/m1/s1. The molecule has 9 nitrogen and oxygen atoms in total. The Balaban J connectivity index is 1.71. The highest BCUT2D eigenvalue weighted by Gasteiger charge is 2.51. The molecule has 2 aliphatic heterocycles. The molecule has 0 radical (unpaired) electrons. The first-order valence-electron chi connectivity index (χ1n) is 12.3. The lowest BCUT2D eigenvalue weighted by molar-refractivity contribution is -0.384. The Morgan fingerprint density at radius 3 is 2.47 bits per heavy atom. The van der Waals surface area contributed by atoms with Crippen molar-refractivity contribution in [2.75, 3.05) is 30.1 Å². The zero-order valence-corrected chi connectivity index (χ0v) is 21.8. The van der Waals surface area contributed by atoms with Gasteiger partial charge in [0, 0.05) is 30.9 Å². The van der Waals surface area contributed by atoms with E-state index in [2.05, 4.69) is 23.8 Å². The number of nitro groups is 1. The first-order valence-corrected chi connectivity index (χ1v) is 14.0. The lowest BCUT2D eigenvalue weighted by Crippen LogP contribution is -2.36. The van der Waals surface area contributed by atoms with Crippen LogP contribution in [0.25, 0.3) is 0 Å². The van der Waals surface area contributed by atoms with Crippen molar-refractivity contribution in [1.29, 1.82) is 0 Å². The van der Waals surface area contributed by atoms with Gasteiger partial charge < -0.3 is 14.7 Å². The highest BCUT2D eigenvalue weighted by molar-refractivity contribution is 7.73. The van der Waals surface area contributed by atoms with Gasteiger partial charge in [0.2, 0.25) is 0 Å². The largest absolute Gasteiger partial charge is 0.495 e. The molecule has 190 valence electrons. The molecule has 36 heavy (non-hydrogen) atoms. The number of benzene rings is 2. The van der Waals surface area contributed by atoms with Gasteiger partial charge in [-0.3, -0.25) is 14.7 Å². The monoisotopic (exact) mass is 509 g/mol. The lowest BCUT2D eigenvalue weighted by Gasteiger charge is -2.40. The Labute approximate surface area is 211 Å². The van der Waals surface area contributed by atoms with E-state index in [1.807, 2.05) is 30.3 Å². The molecule has 2 heterocycles. The molecule has 0 amide bonds. The van der Waals surface area contributed by atoms with Crippen LogP contribution in [-0.4, -0.2) is 35.7 Å². The van der Waals surface area contributed by atoms with E-state index in [-0.39, 0.29) is 11.1 Å². The van der Waals surface area contributed by atoms with Crippen molar-refractivity contribution < 1.29 is 14.2 Å². The minimum Gasteiger partial charge on any atom is -0.495 e. The first-order chi connectivity index (χ1) is 17.2. The summed E-state index contributed by atoms with van der Waals surface area (Å²) in [4.78, 5) is 13.4. The summed E-state index contributed by atoms with van der Waals surface area (Å²) in [6, 6.07) is 13.7. The number of non-ortho nitro benzene ring substituents is 1. The number of rotatable bonds is 6. The van der Waals surface area contributed by atoms with E-state index in [0.29, 0.717) is 23.5 Å². The molecule has 1 N–H and O–H groups in total. The van der Waals surface area contributed by atoms with Crippen molar-refractivity contribution in [3.63, 3.8) is 0 Å². The molecule has 10 heteroatoms. The number of hydrogen-bond donors (Lipinski definition) is 1. The van der Waals surface area contributed by atoms with Crippen molar-refractivity contribution in [2.45, 2.75) is 46.0 Å². The van der Waals surface area contributed by atoms with E-state index < -0.39 is 12.4 Å². The second kappa shape index (κ2) is 9.28. The van der Waals surface area contributed by atoms with Gasteiger partial charge in [-0.15, -0.1) is 0 Å². The van der Waals surface area contributed by atoms with E-state index >= 15 is 4.57 Å². The van der Waals surface area contributed by atoms with Crippen LogP contribution in [0.15, 0.2) is 64.6 Å². The zero-order chi connectivity index (χ0) is 25.5. The molecule has 3 aliphatic rings. The van der Waals surface area contributed by atoms with Gasteiger partial charge in [0.25, 0.3) is 5.69 Å². The van der Waals surface area contributed by atoms with Gasteiger partial charge in [-0.1, -0.05) is 32.0 Å². The van der Waals surface area contributed by atoms with E-state index in [1.54, 1.807) is 4.78 Å². The van der Waals surface area contributed by atoms with Crippen LogP contribution in [-0.2, 0) is 4.57 Å². The Bertz CT molecular complexity index is 1280. The van der Waals surface area contributed by atoms with Gasteiger partial charge in [0.1, 0.15) is 5.75 Å². The molecule has 0 aromatic heterocycles. The van der Waals surface area contributed by atoms with Crippen LogP contribution in [0.5, 0.6) is 5.75 Å². The number of hydrazone groups is 1. The fraction of sp³-hybridized carbons (Fsp3) is 0.423. The number of nitrogens with one attached hydrogen (secondary N) is 1. The third-order valence-electron chi connectivity index (χ3n) is 7.01. The fourth-order valence-corrected chi connectivity index (χ4v) is 8.01. The predicted octanol–water partition coefficient (Wildman–Crippen LogP) is 6.60. The molecule has 1 fully saturated rings. The van der Waals surface area contributed by atoms with E-state index in [9.17, 15) is 10.1 Å². The van der Waals surface area contributed by atoms with Crippen molar-refractivity contribution in [1.82, 2.24) is 4.90 Å². The van der Waals surface area contributed by atoms with Crippen LogP contribution < -0.4 is 14.6 Å². The van der Waals surface area contributed by atoms with Crippen molar-refractivity contribution >= 4 is 30.2 Å². The predicted molar refractivity (Wildman–Crippen MR) is 143 cm³/mol. The van der Waals surface area contributed by atoms with Crippen LogP contribution in [0.2, 0.25) is 0 Å². The van der Waals surface area contributed by atoms with Gasteiger partial charge in [-0.25, -0.2) is 0 Å². The summed E-state index contributed by atoms with van der Waals surface area (Å²) in [5, 5.41) is 20.4. The van der Waals surface area contributed by atoms with E-state index in [4.69, 9.17) is 9.84 Å². The first kappa shape index (κ1) is 24.4. The maximum absolute atomic E-state index is 15.3. The quantitative estimate of drug-likeness (QED) is 0.266. The normalized spacial score (nSPS) is 23.2. The minimum absolute atomic E-state index is 0.0319. The number of anilines is 2. The topological polar surface area (TPSA) is 100 Å². The maximum atomic E-state index is 15.3. The lowest BCUT2D eigenvalue weighted by atomic mass is 9.78. The molecule has 1 atom stereocenters. The summed E-state index contributed by atoms with van der Waals surface area (Å²) in [5.41, 5.74) is 2.76.